The molecule has 1 aromatic rings. The third kappa shape index (κ3) is 5.26. The van der Waals surface area contributed by atoms with Crippen molar-refractivity contribution < 1.29 is 9.90 Å². The zero-order valence-electron chi connectivity index (χ0n) is 13.1. The summed E-state index contributed by atoms with van der Waals surface area (Å²) in [5.41, 5.74) is 6.02. The molecule has 1 atom stereocenters. The monoisotopic (exact) mass is 314 g/mol. The predicted molar refractivity (Wildman–Crippen MR) is 87.0 cm³/mol. The second-order valence-electron chi connectivity index (χ2n) is 4.83. The van der Waals surface area contributed by atoms with Crippen LogP contribution < -0.4 is 10.6 Å². The van der Waals surface area contributed by atoms with Crippen molar-refractivity contribution in [3.05, 3.63) is 11.1 Å². The van der Waals surface area contributed by atoms with Crippen LogP contribution in [0.15, 0.2) is 5.38 Å². The van der Waals surface area contributed by atoms with E-state index >= 15 is 0 Å². The predicted octanol–water partition coefficient (Wildman–Crippen LogP) is 1.79. The maximum absolute atomic E-state index is 10.9. The van der Waals surface area contributed by atoms with Crippen molar-refractivity contribution in [2.75, 3.05) is 37.6 Å². The molecule has 7 heteroatoms. The molecular formula is C14H26N4O2S. The summed E-state index contributed by atoms with van der Waals surface area (Å²) in [6.45, 7) is 11.4. The average molecular weight is 314 g/mol. The average Bonchev–Trinajstić information content (AvgIpc) is 2.96. The van der Waals surface area contributed by atoms with E-state index in [9.17, 15) is 4.79 Å². The number of hydrogen-bond acceptors (Lipinski definition) is 6. The third-order valence-electron chi connectivity index (χ3n) is 3.54. The van der Waals surface area contributed by atoms with Crippen LogP contribution in [-0.2, 0) is 4.79 Å². The second kappa shape index (κ2) is 8.96. The van der Waals surface area contributed by atoms with Crippen molar-refractivity contribution in [3.63, 3.8) is 0 Å². The number of hydrogen-bond donors (Lipinski definition) is 2. The minimum Gasteiger partial charge on any atom is -0.480 e. The summed E-state index contributed by atoms with van der Waals surface area (Å²) >= 11 is 1.46. The lowest BCUT2D eigenvalue weighted by Gasteiger charge is -2.23. The van der Waals surface area contributed by atoms with Crippen LogP contribution in [0.4, 0.5) is 5.13 Å². The van der Waals surface area contributed by atoms with Crippen molar-refractivity contribution in [1.29, 1.82) is 0 Å². The molecule has 0 saturated carbocycles. The number of carboxylic acids is 1. The van der Waals surface area contributed by atoms with E-state index in [4.69, 9.17) is 10.8 Å². The molecule has 120 valence electrons. The summed E-state index contributed by atoms with van der Waals surface area (Å²) in [6.07, 6.45) is 1.06. The van der Waals surface area contributed by atoms with Crippen molar-refractivity contribution >= 4 is 22.4 Å². The molecule has 0 aromatic carbocycles. The standard InChI is InChI=1S/C14H26N4O2S/c1-4-17(5-2)8-7-9-18(6-3)14-16-11(10-21-14)12(15)13(19)20/h10,12H,4-9,15H2,1-3H3,(H,19,20). The van der Waals surface area contributed by atoms with Crippen LogP contribution in [-0.4, -0.2) is 53.7 Å². The van der Waals surface area contributed by atoms with Gasteiger partial charge >= 0.3 is 5.97 Å². The van der Waals surface area contributed by atoms with Crippen LogP contribution in [0.2, 0.25) is 0 Å². The van der Waals surface area contributed by atoms with E-state index in [1.54, 1.807) is 5.38 Å². The molecule has 6 nitrogen and oxygen atoms in total. The first-order valence-electron chi connectivity index (χ1n) is 7.44. The third-order valence-corrected chi connectivity index (χ3v) is 4.46. The summed E-state index contributed by atoms with van der Waals surface area (Å²) in [5, 5.41) is 11.5. The molecule has 0 aliphatic carbocycles. The number of nitrogens with two attached hydrogens (primary N) is 1. The molecule has 0 aliphatic heterocycles. The fourth-order valence-electron chi connectivity index (χ4n) is 2.10. The number of carbonyl (C=O) groups is 1. The fourth-order valence-corrected chi connectivity index (χ4v) is 3.06. The Balaban J connectivity index is 2.58. The van der Waals surface area contributed by atoms with Gasteiger partial charge in [0.25, 0.3) is 0 Å². The lowest BCUT2D eigenvalue weighted by molar-refractivity contribution is -0.138. The minimum absolute atomic E-state index is 0.435. The number of carboxylic acid groups (broad SMARTS) is 1. The van der Waals surface area contributed by atoms with E-state index in [1.807, 2.05) is 0 Å². The van der Waals surface area contributed by atoms with Crippen molar-refractivity contribution in [1.82, 2.24) is 9.88 Å². The summed E-state index contributed by atoms with van der Waals surface area (Å²) in [7, 11) is 0. The number of aromatic nitrogens is 1. The first kappa shape index (κ1) is 17.9. The number of thiazole rings is 1. The van der Waals surface area contributed by atoms with E-state index in [2.05, 4.69) is 35.6 Å². The van der Waals surface area contributed by atoms with Gasteiger partial charge in [0.1, 0.15) is 6.04 Å². The zero-order chi connectivity index (χ0) is 15.8. The Morgan fingerprint density at radius 2 is 2.00 bits per heavy atom. The summed E-state index contributed by atoms with van der Waals surface area (Å²) in [4.78, 5) is 19.8. The van der Waals surface area contributed by atoms with E-state index < -0.39 is 12.0 Å². The minimum atomic E-state index is -1.04. The van der Waals surface area contributed by atoms with Gasteiger partial charge in [0.2, 0.25) is 0 Å². The Morgan fingerprint density at radius 3 is 2.52 bits per heavy atom. The Kier molecular flexibility index (Phi) is 7.63. The first-order chi connectivity index (χ1) is 10.0. The normalized spacial score (nSPS) is 12.6. The van der Waals surface area contributed by atoms with E-state index in [-0.39, 0.29) is 0 Å². The fraction of sp³-hybridized carbons (Fsp3) is 0.714. The Hall–Kier alpha value is -1.18. The number of nitrogens with zero attached hydrogens (tertiary/aromatic N) is 3. The molecule has 0 saturated heterocycles. The Morgan fingerprint density at radius 1 is 1.33 bits per heavy atom. The maximum Gasteiger partial charge on any atom is 0.326 e. The summed E-state index contributed by atoms with van der Waals surface area (Å²) < 4.78 is 0. The highest BCUT2D eigenvalue weighted by Gasteiger charge is 2.19. The molecular weight excluding hydrogens is 288 g/mol. The Bertz CT molecular complexity index is 434. The van der Waals surface area contributed by atoms with Crippen LogP contribution in [0, 0.1) is 0 Å². The van der Waals surface area contributed by atoms with E-state index in [0.29, 0.717) is 5.69 Å². The number of anilines is 1. The van der Waals surface area contributed by atoms with Gasteiger partial charge in [-0.2, -0.15) is 0 Å². The van der Waals surface area contributed by atoms with Gasteiger partial charge in [-0.25, -0.2) is 4.98 Å². The largest absolute Gasteiger partial charge is 0.480 e. The van der Waals surface area contributed by atoms with Gasteiger partial charge in [0.05, 0.1) is 5.69 Å². The molecule has 0 bridgehead atoms. The van der Waals surface area contributed by atoms with Gasteiger partial charge in [-0.15, -0.1) is 11.3 Å². The lowest BCUT2D eigenvalue weighted by Crippen LogP contribution is -2.30. The topological polar surface area (TPSA) is 82.7 Å². The van der Waals surface area contributed by atoms with Crippen molar-refractivity contribution in [2.45, 2.75) is 33.2 Å². The summed E-state index contributed by atoms with van der Waals surface area (Å²) in [5.74, 6) is -1.04. The van der Waals surface area contributed by atoms with Gasteiger partial charge in [-0.1, -0.05) is 13.8 Å². The van der Waals surface area contributed by atoms with Crippen LogP contribution in [0.1, 0.15) is 38.9 Å². The van der Waals surface area contributed by atoms with Crippen molar-refractivity contribution in [2.24, 2.45) is 5.73 Å². The SMILES string of the molecule is CCN(CC)CCCN(CC)c1nc(C(N)C(=O)O)cs1. The van der Waals surface area contributed by atoms with Crippen LogP contribution in [0.5, 0.6) is 0 Å². The molecule has 0 fully saturated rings. The number of rotatable bonds is 10. The quantitative estimate of drug-likeness (QED) is 0.685. The second-order valence-corrected chi connectivity index (χ2v) is 5.67. The summed E-state index contributed by atoms with van der Waals surface area (Å²) in [6, 6.07) is -1.04. The van der Waals surface area contributed by atoms with E-state index in [1.165, 1.54) is 11.3 Å². The highest BCUT2D eigenvalue weighted by atomic mass is 32.1. The zero-order valence-corrected chi connectivity index (χ0v) is 13.9. The van der Waals surface area contributed by atoms with Gasteiger partial charge < -0.3 is 20.6 Å². The Labute approximate surface area is 130 Å². The molecule has 1 aromatic heterocycles. The molecule has 0 spiro atoms. The van der Waals surface area contributed by atoms with E-state index in [0.717, 1.165) is 44.3 Å². The van der Waals surface area contributed by atoms with Crippen LogP contribution in [0.3, 0.4) is 0 Å². The van der Waals surface area contributed by atoms with Gasteiger partial charge in [0, 0.05) is 18.5 Å². The molecule has 1 rings (SSSR count). The molecule has 0 radical (unpaired) electrons. The van der Waals surface area contributed by atoms with Crippen LogP contribution >= 0.6 is 11.3 Å². The highest BCUT2D eigenvalue weighted by molar-refractivity contribution is 7.13. The highest BCUT2D eigenvalue weighted by Crippen LogP contribution is 2.23. The molecule has 1 unspecified atom stereocenters. The first-order valence-corrected chi connectivity index (χ1v) is 8.32. The molecule has 3 N–H and O–H groups in total. The smallest absolute Gasteiger partial charge is 0.326 e. The molecule has 0 amide bonds. The van der Waals surface area contributed by atoms with Crippen molar-refractivity contribution in [3.8, 4) is 0 Å². The molecule has 1 heterocycles. The van der Waals surface area contributed by atoms with Crippen LogP contribution in [0.25, 0.3) is 0 Å². The molecule has 0 aliphatic rings. The van der Waals surface area contributed by atoms with Gasteiger partial charge in [-0.3, -0.25) is 4.79 Å². The van der Waals surface area contributed by atoms with Gasteiger partial charge in [0.15, 0.2) is 5.13 Å². The number of aliphatic carboxylic acids is 1. The molecule has 21 heavy (non-hydrogen) atoms. The lowest BCUT2D eigenvalue weighted by atomic mass is 10.2. The maximum atomic E-state index is 10.9. The van der Waals surface area contributed by atoms with Gasteiger partial charge in [-0.05, 0) is 33.0 Å².